The van der Waals surface area contributed by atoms with Crippen LogP contribution in [0.5, 0.6) is 0 Å². The lowest BCUT2D eigenvalue weighted by atomic mass is 9.62. The average Bonchev–Trinajstić information content (AvgIpc) is 2.47. The molecule has 5 atom stereocenters. The fourth-order valence-electron chi connectivity index (χ4n) is 5.07. The van der Waals surface area contributed by atoms with Gasteiger partial charge < -0.3 is 5.32 Å². The summed E-state index contributed by atoms with van der Waals surface area (Å²) in [6, 6.07) is 0. The number of hydrogen-bond donors (Lipinski definition) is 1. The van der Waals surface area contributed by atoms with Gasteiger partial charge in [-0.25, -0.2) is 0 Å². The van der Waals surface area contributed by atoms with E-state index in [2.05, 4.69) is 33.0 Å². The first-order valence-corrected chi connectivity index (χ1v) is 9.82. The Kier molecular flexibility index (Phi) is 7.05. The molecule has 0 heterocycles. The molecule has 0 aromatic rings. The summed E-state index contributed by atoms with van der Waals surface area (Å²) in [4.78, 5) is 0. The molecule has 2 aliphatic rings. The Labute approximate surface area is 133 Å². The van der Waals surface area contributed by atoms with Gasteiger partial charge in [0.25, 0.3) is 0 Å². The number of rotatable bonds is 6. The van der Waals surface area contributed by atoms with Crippen LogP contribution >= 0.6 is 0 Å². The molecule has 21 heavy (non-hydrogen) atoms. The first-order valence-electron chi connectivity index (χ1n) is 9.82. The van der Waals surface area contributed by atoms with Crippen LogP contribution in [0.1, 0.15) is 79.1 Å². The third-order valence-corrected chi connectivity index (χ3v) is 6.45. The van der Waals surface area contributed by atoms with E-state index in [-0.39, 0.29) is 0 Å². The lowest BCUT2D eigenvalue weighted by Crippen LogP contribution is -2.39. The SMILES string of the molecule is CCCNCC1CCC(C(C)C)CC1C1CCCC(C)C1. The molecule has 0 saturated heterocycles. The second kappa shape index (κ2) is 8.56. The lowest BCUT2D eigenvalue weighted by molar-refractivity contribution is 0.0680. The highest BCUT2D eigenvalue weighted by atomic mass is 14.9. The maximum Gasteiger partial charge on any atom is -0.00178 e. The summed E-state index contributed by atoms with van der Waals surface area (Å²) in [5.41, 5.74) is 0. The van der Waals surface area contributed by atoms with Crippen molar-refractivity contribution < 1.29 is 0 Å². The first-order chi connectivity index (χ1) is 10.1. The van der Waals surface area contributed by atoms with Gasteiger partial charge in [-0.15, -0.1) is 0 Å². The maximum atomic E-state index is 3.73. The Morgan fingerprint density at radius 3 is 2.52 bits per heavy atom. The summed E-state index contributed by atoms with van der Waals surface area (Å²) in [5, 5.41) is 3.73. The third kappa shape index (κ3) is 4.98. The molecule has 0 aromatic heterocycles. The summed E-state index contributed by atoms with van der Waals surface area (Å²) >= 11 is 0. The Morgan fingerprint density at radius 2 is 1.86 bits per heavy atom. The Morgan fingerprint density at radius 1 is 1.05 bits per heavy atom. The molecule has 0 radical (unpaired) electrons. The van der Waals surface area contributed by atoms with Gasteiger partial charge in [-0.05, 0) is 80.7 Å². The molecule has 5 unspecified atom stereocenters. The van der Waals surface area contributed by atoms with Crippen molar-refractivity contribution in [1.82, 2.24) is 5.32 Å². The van der Waals surface area contributed by atoms with E-state index in [1.807, 2.05) is 0 Å². The zero-order valence-electron chi connectivity index (χ0n) is 15.0. The highest BCUT2D eigenvalue weighted by molar-refractivity contribution is 4.88. The van der Waals surface area contributed by atoms with Crippen molar-refractivity contribution in [3.8, 4) is 0 Å². The molecule has 0 aromatic carbocycles. The van der Waals surface area contributed by atoms with Crippen molar-refractivity contribution in [3.63, 3.8) is 0 Å². The van der Waals surface area contributed by atoms with Crippen molar-refractivity contribution in [2.45, 2.75) is 79.1 Å². The van der Waals surface area contributed by atoms with Crippen molar-refractivity contribution in [1.29, 1.82) is 0 Å². The van der Waals surface area contributed by atoms with Crippen LogP contribution < -0.4 is 5.32 Å². The van der Waals surface area contributed by atoms with Crippen LogP contribution in [0.15, 0.2) is 0 Å². The van der Waals surface area contributed by atoms with Crippen LogP contribution in [-0.2, 0) is 0 Å². The molecule has 2 aliphatic carbocycles. The van der Waals surface area contributed by atoms with Gasteiger partial charge in [-0.3, -0.25) is 0 Å². The quantitative estimate of drug-likeness (QED) is 0.637. The van der Waals surface area contributed by atoms with Gasteiger partial charge in [-0.2, -0.15) is 0 Å². The largest absolute Gasteiger partial charge is 0.316 e. The summed E-state index contributed by atoms with van der Waals surface area (Å²) in [5.74, 6) is 5.86. The molecule has 1 heteroatoms. The molecule has 124 valence electrons. The van der Waals surface area contributed by atoms with E-state index in [0.29, 0.717) is 0 Å². The van der Waals surface area contributed by atoms with E-state index in [9.17, 15) is 0 Å². The van der Waals surface area contributed by atoms with Crippen LogP contribution in [0.2, 0.25) is 0 Å². The zero-order valence-corrected chi connectivity index (χ0v) is 15.0. The molecule has 0 aliphatic heterocycles. The maximum absolute atomic E-state index is 3.73. The summed E-state index contributed by atoms with van der Waals surface area (Å²) in [6.07, 6.45) is 11.8. The van der Waals surface area contributed by atoms with Crippen molar-refractivity contribution >= 4 is 0 Å². The van der Waals surface area contributed by atoms with Crippen molar-refractivity contribution in [2.75, 3.05) is 13.1 Å². The summed E-state index contributed by atoms with van der Waals surface area (Å²) in [6.45, 7) is 12.1. The highest BCUT2D eigenvalue weighted by Gasteiger charge is 2.37. The second-order valence-corrected chi connectivity index (χ2v) is 8.48. The van der Waals surface area contributed by atoms with E-state index >= 15 is 0 Å². The standard InChI is InChI=1S/C20H39N/c1-5-11-21-14-19-10-9-17(15(2)3)13-20(19)18-8-6-7-16(4)12-18/h15-21H,5-14H2,1-4H3. The third-order valence-electron chi connectivity index (χ3n) is 6.45. The fraction of sp³-hybridized carbons (Fsp3) is 1.00. The molecule has 0 bridgehead atoms. The zero-order chi connectivity index (χ0) is 15.2. The van der Waals surface area contributed by atoms with E-state index in [1.54, 1.807) is 0 Å². The first kappa shape index (κ1) is 17.3. The van der Waals surface area contributed by atoms with Crippen molar-refractivity contribution in [2.24, 2.45) is 35.5 Å². The van der Waals surface area contributed by atoms with Crippen LogP contribution in [0.25, 0.3) is 0 Å². The molecule has 1 N–H and O–H groups in total. The number of hydrogen-bond acceptors (Lipinski definition) is 1. The van der Waals surface area contributed by atoms with Crippen molar-refractivity contribution in [3.05, 3.63) is 0 Å². The summed E-state index contributed by atoms with van der Waals surface area (Å²) in [7, 11) is 0. The van der Waals surface area contributed by atoms with Crippen LogP contribution in [0, 0.1) is 35.5 Å². The van der Waals surface area contributed by atoms with E-state index in [1.165, 1.54) is 64.5 Å². The average molecular weight is 294 g/mol. The molecule has 2 fully saturated rings. The Hall–Kier alpha value is -0.0400. The van der Waals surface area contributed by atoms with E-state index < -0.39 is 0 Å². The Bertz CT molecular complexity index is 286. The molecule has 2 rings (SSSR count). The minimum Gasteiger partial charge on any atom is -0.316 e. The summed E-state index contributed by atoms with van der Waals surface area (Å²) < 4.78 is 0. The molecule has 1 nitrogen and oxygen atoms in total. The normalized spacial score (nSPS) is 37.9. The van der Waals surface area contributed by atoms with Crippen LogP contribution in [0.4, 0.5) is 0 Å². The van der Waals surface area contributed by atoms with E-state index in [4.69, 9.17) is 0 Å². The van der Waals surface area contributed by atoms with Gasteiger partial charge in [0, 0.05) is 0 Å². The van der Waals surface area contributed by atoms with Crippen LogP contribution in [0.3, 0.4) is 0 Å². The van der Waals surface area contributed by atoms with Gasteiger partial charge in [0.1, 0.15) is 0 Å². The monoisotopic (exact) mass is 293 g/mol. The smallest absolute Gasteiger partial charge is 0.00178 e. The molecular formula is C20H39N. The van der Waals surface area contributed by atoms with E-state index in [0.717, 1.165) is 35.5 Å². The number of nitrogens with one attached hydrogen (secondary N) is 1. The van der Waals surface area contributed by atoms with Gasteiger partial charge in [0.15, 0.2) is 0 Å². The predicted octanol–water partition coefficient (Wildman–Crippen LogP) is 5.50. The lowest BCUT2D eigenvalue weighted by Gasteiger charge is -2.44. The minimum absolute atomic E-state index is 0.887. The van der Waals surface area contributed by atoms with Gasteiger partial charge in [0.2, 0.25) is 0 Å². The molecule has 0 amide bonds. The van der Waals surface area contributed by atoms with Gasteiger partial charge >= 0.3 is 0 Å². The molecule has 0 spiro atoms. The van der Waals surface area contributed by atoms with Gasteiger partial charge in [0.05, 0.1) is 0 Å². The topological polar surface area (TPSA) is 12.0 Å². The second-order valence-electron chi connectivity index (χ2n) is 8.48. The Balaban J connectivity index is 1.97. The molecular weight excluding hydrogens is 254 g/mol. The fourth-order valence-corrected chi connectivity index (χ4v) is 5.07. The highest BCUT2D eigenvalue weighted by Crippen LogP contribution is 2.46. The van der Waals surface area contributed by atoms with Crippen LogP contribution in [-0.4, -0.2) is 13.1 Å². The van der Waals surface area contributed by atoms with Gasteiger partial charge in [-0.1, -0.05) is 47.0 Å². The predicted molar refractivity (Wildman–Crippen MR) is 93.4 cm³/mol. The minimum atomic E-state index is 0.887. The molecule has 2 saturated carbocycles.